The third-order valence-electron chi connectivity index (χ3n) is 1.65. The molecule has 0 spiro atoms. The maximum Gasteiger partial charge on any atom is 0.0970 e. The summed E-state index contributed by atoms with van der Waals surface area (Å²) in [7, 11) is 3.27. The zero-order valence-electron chi connectivity index (χ0n) is 8.10. The number of likely N-dealkylation sites (N-methyl/N-ethyl adjacent to an activating group) is 1. The van der Waals surface area contributed by atoms with Crippen molar-refractivity contribution in [2.45, 2.75) is 0 Å². The highest BCUT2D eigenvalue weighted by Gasteiger charge is 1.95. The van der Waals surface area contributed by atoms with Crippen LogP contribution in [0.25, 0.3) is 6.08 Å². The van der Waals surface area contributed by atoms with Crippen molar-refractivity contribution < 1.29 is 4.65 Å². The average Bonchev–Trinajstić information content (AvgIpc) is 2.04. The molecule has 0 aliphatic rings. The van der Waals surface area contributed by atoms with Gasteiger partial charge in [-0.15, -0.1) is 0 Å². The molecule has 70 valence electrons. The Kier molecular flexibility index (Phi) is 3.23. The number of quaternary nitrogens is 1. The van der Waals surface area contributed by atoms with E-state index in [4.69, 9.17) is 0 Å². The Bertz CT molecular complexity index is 272. The van der Waals surface area contributed by atoms with Crippen LogP contribution in [0.15, 0.2) is 36.4 Å². The molecular formula is C11H15NO. The quantitative estimate of drug-likeness (QED) is 0.513. The molecule has 0 saturated heterocycles. The van der Waals surface area contributed by atoms with Gasteiger partial charge < -0.3 is 9.85 Å². The van der Waals surface area contributed by atoms with Crippen molar-refractivity contribution in [3.63, 3.8) is 0 Å². The van der Waals surface area contributed by atoms with Crippen molar-refractivity contribution in [3.05, 3.63) is 47.2 Å². The molecule has 0 amide bonds. The fraction of sp³-hybridized carbons (Fsp3) is 0.273. The van der Waals surface area contributed by atoms with Crippen LogP contribution in [0, 0.1) is 5.21 Å². The van der Waals surface area contributed by atoms with Crippen LogP contribution < -0.4 is 0 Å². The summed E-state index contributed by atoms with van der Waals surface area (Å²) < 4.78 is -0.274. The van der Waals surface area contributed by atoms with Gasteiger partial charge in [-0.25, -0.2) is 0 Å². The molecule has 0 N–H and O–H groups in total. The smallest absolute Gasteiger partial charge is 0.0970 e. The molecule has 1 rings (SSSR count). The highest BCUT2D eigenvalue weighted by atomic mass is 16.5. The summed E-state index contributed by atoms with van der Waals surface area (Å²) in [4.78, 5) is 0. The molecule has 0 atom stereocenters. The van der Waals surface area contributed by atoms with Crippen LogP contribution in [0.4, 0.5) is 0 Å². The molecule has 0 heterocycles. The van der Waals surface area contributed by atoms with E-state index < -0.39 is 0 Å². The standard InChI is InChI=1S/C11H15NO/c1-12(2,13)10-6-9-11-7-4-3-5-8-11/h3-9H,10H2,1-2H3. The second-order valence-corrected chi connectivity index (χ2v) is 3.57. The van der Waals surface area contributed by atoms with Gasteiger partial charge in [0.25, 0.3) is 0 Å². The molecule has 0 unspecified atom stereocenters. The van der Waals surface area contributed by atoms with Crippen molar-refractivity contribution in [2.24, 2.45) is 0 Å². The molecule has 0 aliphatic carbocycles. The van der Waals surface area contributed by atoms with Crippen LogP contribution in [-0.2, 0) is 0 Å². The Balaban J connectivity index is 2.51. The van der Waals surface area contributed by atoms with Crippen LogP contribution in [0.1, 0.15) is 5.56 Å². The Labute approximate surface area is 79.3 Å². The number of nitrogens with zero attached hydrogens (tertiary/aromatic N) is 1. The van der Waals surface area contributed by atoms with Gasteiger partial charge in [0, 0.05) is 0 Å². The first-order valence-corrected chi connectivity index (χ1v) is 4.33. The lowest BCUT2D eigenvalue weighted by Crippen LogP contribution is -2.31. The first-order valence-electron chi connectivity index (χ1n) is 4.33. The van der Waals surface area contributed by atoms with Crippen LogP contribution in [-0.4, -0.2) is 25.3 Å². The van der Waals surface area contributed by atoms with Crippen molar-refractivity contribution >= 4 is 6.08 Å². The molecule has 2 nitrogen and oxygen atoms in total. The van der Waals surface area contributed by atoms with Crippen molar-refractivity contribution in [3.8, 4) is 0 Å². The fourth-order valence-electron chi connectivity index (χ4n) is 1.01. The molecule has 13 heavy (non-hydrogen) atoms. The second kappa shape index (κ2) is 4.21. The van der Waals surface area contributed by atoms with Gasteiger partial charge in [-0.1, -0.05) is 36.4 Å². The van der Waals surface area contributed by atoms with E-state index in [9.17, 15) is 5.21 Å². The van der Waals surface area contributed by atoms with E-state index in [1.54, 1.807) is 14.1 Å². The van der Waals surface area contributed by atoms with E-state index in [0.717, 1.165) is 5.56 Å². The summed E-state index contributed by atoms with van der Waals surface area (Å²) in [5.74, 6) is 0. The van der Waals surface area contributed by atoms with Gasteiger partial charge in [-0.05, 0) is 11.6 Å². The van der Waals surface area contributed by atoms with E-state index in [-0.39, 0.29) is 4.65 Å². The van der Waals surface area contributed by atoms with Gasteiger partial charge in [0.2, 0.25) is 0 Å². The first-order chi connectivity index (χ1) is 6.08. The third-order valence-corrected chi connectivity index (χ3v) is 1.65. The highest BCUT2D eigenvalue weighted by molar-refractivity contribution is 5.48. The van der Waals surface area contributed by atoms with Crippen molar-refractivity contribution in [2.75, 3.05) is 20.6 Å². The highest BCUT2D eigenvalue weighted by Crippen LogP contribution is 2.02. The minimum Gasteiger partial charge on any atom is -0.633 e. The third kappa shape index (κ3) is 4.45. The molecule has 0 fully saturated rings. The van der Waals surface area contributed by atoms with Gasteiger partial charge in [0.05, 0.1) is 20.6 Å². The summed E-state index contributed by atoms with van der Waals surface area (Å²) in [5, 5.41) is 11.2. The Morgan fingerprint density at radius 1 is 1.23 bits per heavy atom. The molecule has 0 saturated carbocycles. The number of hydrogen-bond donors (Lipinski definition) is 0. The molecule has 2 heteroatoms. The topological polar surface area (TPSA) is 23.1 Å². The first kappa shape index (κ1) is 9.96. The summed E-state index contributed by atoms with van der Waals surface area (Å²) in [5.41, 5.74) is 1.14. The molecule has 1 aromatic carbocycles. The van der Waals surface area contributed by atoms with Crippen LogP contribution in [0.5, 0.6) is 0 Å². The maximum absolute atomic E-state index is 11.2. The molecule has 0 bridgehead atoms. The largest absolute Gasteiger partial charge is 0.633 e. The van der Waals surface area contributed by atoms with Crippen LogP contribution >= 0.6 is 0 Å². The maximum atomic E-state index is 11.2. The summed E-state index contributed by atoms with van der Waals surface area (Å²) in [6.07, 6.45) is 3.88. The van der Waals surface area contributed by atoms with Crippen LogP contribution in [0.3, 0.4) is 0 Å². The Morgan fingerprint density at radius 3 is 2.38 bits per heavy atom. The van der Waals surface area contributed by atoms with E-state index in [1.165, 1.54) is 0 Å². The number of hydrogen-bond acceptors (Lipinski definition) is 1. The SMILES string of the molecule is C[N+](C)([O-])CC=Cc1ccccc1. The van der Waals surface area contributed by atoms with Crippen molar-refractivity contribution in [1.29, 1.82) is 0 Å². The summed E-state index contributed by atoms with van der Waals surface area (Å²) in [6, 6.07) is 9.97. The van der Waals surface area contributed by atoms with E-state index in [1.807, 2.05) is 42.5 Å². The van der Waals surface area contributed by atoms with E-state index >= 15 is 0 Å². The summed E-state index contributed by atoms with van der Waals surface area (Å²) in [6.45, 7) is 0.509. The molecule has 0 radical (unpaired) electrons. The minimum absolute atomic E-state index is 0.274. The molecular weight excluding hydrogens is 162 g/mol. The average molecular weight is 177 g/mol. The fourth-order valence-corrected chi connectivity index (χ4v) is 1.01. The normalized spacial score (nSPS) is 12.2. The van der Waals surface area contributed by atoms with Crippen molar-refractivity contribution in [1.82, 2.24) is 0 Å². The van der Waals surface area contributed by atoms with Gasteiger partial charge in [0.1, 0.15) is 0 Å². The number of rotatable bonds is 3. The zero-order valence-corrected chi connectivity index (χ0v) is 8.10. The molecule has 1 aromatic rings. The predicted octanol–water partition coefficient (Wildman–Crippen LogP) is 2.27. The number of benzene rings is 1. The van der Waals surface area contributed by atoms with Gasteiger partial charge in [0.15, 0.2) is 0 Å². The van der Waals surface area contributed by atoms with Gasteiger partial charge >= 0.3 is 0 Å². The lowest BCUT2D eigenvalue weighted by Gasteiger charge is -2.32. The minimum atomic E-state index is -0.274. The Hall–Kier alpha value is -1.12. The van der Waals surface area contributed by atoms with E-state index in [0.29, 0.717) is 6.54 Å². The van der Waals surface area contributed by atoms with Crippen LogP contribution in [0.2, 0.25) is 0 Å². The molecule has 0 aliphatic heterocycles. The van der Waals surface area contributed by atoms with Gasteiger partial charge in [-0.3, -0.25) is 0 Å². The Morgan fingerprint density at radius 2 is 1.85 bits per heavy atom. The lowest BCUT2D eigenvalue weighted by molar-refractivity contribution is -0.833. The second-order valence-electron chi connectivity index (χ2n) is 3.57. The molecule has 0 aromatic heterocycles. The van der Waals surface area contributed by atoms with Gasteiger partial charge in [-0.2, -0.15) is 0 Å². The lowest BCUT2D eigenvalue weighted by atomic mass is 10.2. The van der Waals surface area contributed by atoms with E-state index in [2.05, 4.69) is 0 Å². The monoisotopic (exact) mass is 177 g/mol. The zero-order chi connectivity index (χ0) is 9.73. The predicted molar refractivity (Wildman–Crippen MR) is 55.8 cm³/mol. The number of hydroxylamine groups is 3. The summed E-state index contributed by atoms with van der Waals surface area (Å²) >= 11 is 0.